The van der Waals surface area contributed by atoms with Crippen LogP contribution in [0.15, 0.2) is 42.6 Å². The topological polar surface area (TPSA) is 48.7 Å². The number of benzene rings is 1. The van der Waals surface area contributed by atoms with Crippen LogP contribution < -0.4 is 5.32 Å². The van der Waals surface area contributed by atoms with Crippen LogP contribution in [0.2, 0.25) is 5.02 Å². The Labute approximate surface area is 111 Å². The first-order valence-electron chi connectivity index (χ1n) is 5.53. The van der Waals surface area contributed by atoms with Crippen molar-refractivity contribution < 1.29 is 0 Å². The van der Waals surface area contributed by atoms with Gasteiger partial charge in [-0.05, 0) is 31.2 Å². The van der Waals surface area contributed by atoms with Gasteiger partial charge in [-0.3, -0.25) is 4.98 Å². The molecule has 2 rings (SSSR count). The van der Waals surface area contributed by atoms with E-state index in [2.05, 4.69) is 16.4 Å². The lowest BCUT2D eigenvalue weighted by Gasteiger charge is -2.13. The van der Waals surface area contributed by atoms with Gasteiger partial charge in [0.25, 0.3) is 0 Å². The SMILES string of the molecule is Cc1ccc(C(C#N)Nc2cccc(Cl)c2)cn1. The Balaban J connectivity index is 2.20. The van der Waals surface area contributed by atoms with Crippen molar-refractivity contribution >= 4 is 17.3 Å². The van der Waals surface area contributed by atoms with Crippen molar-refractivity contribution in [3.63, 3.8) is 0 Å². The van der Waals surface area contributed by atoms with Crippen LogP contribution in [0.1, 0.15) is 17.3 Å². The summed E-state index contributed by atoms with van der Waals surface area (Å²) in [4.78, 5) is 4.19. The van der Waals surface area contributed by atoms with E-state index >= 15 is 0 Å². The summed E-state index contributed by atoms with van der Waals surface area (Å²) < 4.78 is 0. The molecule has 1 N–H and O–H groups in total. The Morgan fingerprint density at radius 2 is 2.17 bits per heavy atom. The zero-order chi connectivity index (χ0) is 13.0. The second-order valence-electron chi connectivity index (χ2n) is 3.95. The molecule has 0 aliphatic heterocycles. The minimum absolute atomic E-state index is 0.434. The fourth-order valence-electron chi connectivity index (χ4n) is 1.59. The zero-order valence-electron chi connectivity index (χ0n) is 9.89. The molecular formula is C14H12ClN3. The molecule has 0 saturated heterocycles. The van der Waals surface area contributed by atoms with E-state index in [1.807, 2.05) is 31.2 Å². The maximum Gasteiger partial charge on any atom is 0.141 e. The van der Waals surface area contributed by atoms with E-state index in [4.69, 9.17) is 11.6 Å². The number of anilines is 1. The standard InChI is InChI=1S/C14H12ClN3/c1-10-5-6-11(9-17-10)14(8-16)18-13-4-2-3-12(15)7-13/h2-7,9,14,18H,1H3. The molecule has 1 heterocycles. The van der Waals surface area contributed by atoms with Crippen LogP contribution in [0.25, 0.3) is 0 Å². The highest BCUT2D eigenvalue weighted by atomic mass is 35.5. The van der Waals surface area contributed by atoms with Crippen molar-refractivity contribution in [3.8, 4) is 6.07 Å². The molecule has 1 aromatic carbocycles. The van der Waals surface area contributed by atoms with Gasteiger partial charge >= 0.3 is 0 Å². The second-order valence-corrected chi connectivity index (χ2v) is 4.39. The molecule has 1 aromatic heterocycles. The maximum absolute atomic E-state index is 9.21. The van der Waals surface area contributed by atoms with Crippen molar-refractivity contribution in [2.24, 2.45) is 0 Å². The average Bonchev–Trinajstić information content (AvgIpc) is 2.37. The van der Waals surface area contributed by atoms with Crippen LogP contribution in [-0.4, -0.2) is 4.98 Å². The predicted octanol–water partition coefficient (Wildman–Crippen LogP) is 3.72. The van der Waals surface area contributed by atoms with Crippen LogP contribution in [-0.2, 0) is 0 Å². The summed E-state index contributed by atoms with van der Waals surface area (Å²) in [7, 11) is 0. The van der Waals surface area contributed by atoms with E-state index in [0.29, 0.717) is 5.02 Å². The van der Waals surface area contributed by atoms with Crippen LogP contribution in [0.4, 0.5) is 5.69 Å². The van der Waals surface area contributed by atoms with Crippen molar-refractivity contribution in [1.82, 2.24) is 4.98 Å². The zero-order valence-corrected chi connectivity index (χ0v) is 10.6. The molecule has 0 bridgehead atoms. The molecule has 3 nitrogen and oxygen atoms in total. The Morgan fingerprint density at radius 1 is 1.33 bits per heavy atom. The van der Waals surface area contributed by atoms with E-state index in [-0.39, 0.29) is 0 Å². The molecular weight excluding hydrogens is 246 g/mol. The number of hydrogen-bond acceptors (Lipinski definition) is 3. The lowest BCUT2D eigenvalue weighted by molar-refractivity contribution is 0.974. The lowest BCUT2D eigenvalue weighted by Crippen LogP contribution is -2.08. The third-order valence-electron chi connectivity index (χ3n) is 2.53. The van der Waals surface area contributed by atoms with E-state index in [0.717, 1.165) is 16.9 Å². The molecule has 0 spiro atoms. The fourth-order valence-corrected chi connectivity index (χ4v) is 1.78. The number of halogens is 1. The van der Waals surface area contributed by atoms with Crippen LogP contribution >= 0.6 is 11.6 Å². The lowest BCUT2D eigenvalue weighted by atomic mass is 10.1. The molecule has 0 fully saturated rings. The number of nitriles is 1. The molecule has 0 aliphatic rings. The van der Waals surface area contributed by atoms with Gasteiger partial charge in [0, 0.05) is 28.2 Å². The molecule has 18 heavy (non-hydrogen) atoms. The van der Waals surface area contributed by atoms with Gasteiger partial charge in [0.2, 0.25) is 0 Å². The normalized spacial score (nSPS) is 11.6. The number of nitrogens with zero attached hydrogens (tertiary/aromatic N) is 2. The largest absolute Gasteiger partial charge is 0.366 e. The van der Waals surface area contributed by atoms with Gasteiger partial charge in [0.05, 0.1) is 6.07 Å². The van der Waals surface area contributed by atoms with E-state index in [1.54, 1.807) is 18.3 Å². The number of aromatic nitrogens is 1. The molecule has 90 valence electrons. The molecule has 0 saturated carbocycles. The Hall–Kier alpha value is -2.05. The highest BCUT2D eigenvalue weighted by molar-refractivity contribution is 6.30. The molecule has 0 aliphatic carbocycles. The number of aryl methyl sites for hydroxylation is 1. The second kappa shape index (κ2) is 5.52. The summed E-state index contributed by atoms with van der Waals surface area (Å²) in [6, 6.07) is 12.9. The van der Waals surface area contributed by atoms with Gasteiger partial charge in [-0.15, -0.1) is 0 Å². The quantitative estimate of drug-likeness (QED) is 0.912. The van der Waals surface area contributed by atoms with Gasteiger partial charge in [0.15, 0.2) is 0 Å². The summed E-state index contributed by atoms with van der Waals surface area (Å²) in [6.45, 7) is 1.91. The van der Waals surface area contributed by atoms with Gasteiger partial charge in [-0.2, -0.15) is 5.26 Å². The Kier molecular flexibility index (Phi) is 3.81. The Bertz CT molecular complexity index is 572. The van der Waals surface area contributed by atoms with Crippen molar-refractivity contribution in [2.45, 2.75) is 13.0 Å². The summed E-state index contributed by atoms with van der Waals surface area (Å²) in [6.07, 6.45) is 1.71. The van der Waals surface area contributed by atoms with Crippen LogP contribution in [0.5, 0.6) is 0 Å². The van der Waals surface area contributed by atoms with Crippen molar-refractivity contribution in [1.29, 1.82) is 5.26 Å². The molecule has 2 aromatic rings. The molecule has 4 heteroatoms. The summed E-state index contributed by atoms with van der Waals surface area (Å²) in [5.74, 6) is 0. The van der Waals surface area contributed by atoms with E-state index in [9.17, 15) is 5.26 Å². The first-order valence-corrected chi connectivity index (χ1v) is 5.91. The van der Waals surface area contributed by atoms with Crippen molar-refractivity contribution in [2.75, 3.05) is 5.32 Å². The third kappa shape index (κ3) is 2.99. The van der Waals surface area contributed by atoms with E-state index in [1.165, 1.54) is 0 Å². The summed E-state index contributed by atoms with van der Waals surface area (Å²) in [5, 5.41) is 13.0. The smallest absolute Gasteiger partial charge is 0.141 e. The maximum atomic E-state index is 9.21. The highest BCUT2D eigenvalue weighted by Crippen LogP contribution is 2.21. The van der Waals surface area contributed by atoms with Gasteiger partial charge < -0.3 is 5.32 Å². The molecule has 1 atom stereocenters. The summed E-state index contributed by atoms with van der Waals surface area (Å²) in [5.41, 5.74) is 2.58. The minimum Gasteiger partial charge on any atom is -0.366 e. The number of nitrogens with one attached hydrogen (secondary N) is 1. The molecule has 1 unspecified atom stereocenters. The minimum atomic E-state index is -0.434. The number of rotatable bonds is 3. The van der Waals surface area contributed by atoms with Gasteiger partial charge in [0.1, 0.15) is 6.04 Å². The predicted molar refractivity (Wildman–Crippen MR) is 72.4 cm³/mol. The highest BCUT2D eigenvalue weighted by Gasteiger charge is 2.10. The van der Waals surface area contributed by atoms with E-state index < -0.39 is 6.04 Å². The Morgan fingerprint density at radius 3 is 2.78 bits per heavy atom. The number of pyridine rings is 1. The van der Waals surface area contributed by atoms with Crippen molar-refractivity contribution in [3.05, 3.63) is 58.9 Å². The van der Waals surface area contributed by atoms with Gasteiger partial charge in [-0.25, -0.2) is 0 Å². The fraction of sp³-hybridized carbons (Fsp3) is 0.143. The third-order valence-corrected chi connectivity index (χ3v) is 2.77. The van der Waals surface area contributed by atoms with Gasteiger partial charge in [-0.1, -0.05) is 23.7 Å². The monoisotopic (exact) mass is 257 g/mol. The first kappa shape index (κ1) is 12.4. The first-order chi connectivity index (χ1) is 8.69. The number of hydrogen-bond donors (Lipinski definition) is 1. The average molecular weight is 258 g/mol. The molecule has 0 amide bonds. The van der Waals surface area contributed by atoms with Crippen LogP contribution in [0, 0.1) is 18.3 Å². The summed E-state index contributed by atoms with van der Waals surface area (Å²) >= 11 is 5.90. The van der Waals surface area contributed by atoms with Crippen LogP contribution in [0.3, 0.4) is 0 Å². The molecule has 0 radical (unpaired) electrons.